The van der Waals surface area contributed by atoms with Crippen molar-refractivity contribution in [2.45, 2.75) is 56.8 Å². The summed E-state index contributed by atoms with van der Waals surface area (Å²) in [7, 11) is 0. The number of amides is 1. The van der Waals surface area contributed by atoms with Crippen molar-refractivity contribution >= 4 is 62.4 Å². The summed E-state index contributed by atoms with van der Waals surface area (Å²) < 4.78 is 7.63. The molecule has 10 nitrogen and oxygen atoms in total. The van der Waals surface area contributed by atoms with Crippen LogP contribution in [0, 0.1) is 10.1 Å². The second kappa shape index (κ2) is 17.0. The van der Waals surface area contributed by atoms with E-state index in [1.54, 1.807) is 4.90 Å². The van der Waals surface area contributed by atoms with Crippen LogP contribution in [-0.4, -0.2) is 95.3 Å². The van der Waals surface area contributed by atoms with E-state index in [0.717, 1.165) is 93.0 Å². The summed E-state index contributed by atoms with van der Waals surface area (Å²) in [6.07, 6.45) is 5.32. The molecule has 276 valence electrons. The minimum absolute atomic E-state index is 0.151. The third-order valence-electron chi connectivity index (χ3n) is 10.8. The minimum atomic E-state index is -0.472. The fraction of sp³-hybridized carbons (Fsp3) is 0.415. The summed E-state index contributed by atoms with van der Waals surface area (Å²) in [5, 5.41) is 13.7. The summed E-state index contributed by atoms with van der Waals surface area (Å²) in [6.45, 7) is 16.8. The number of hydrogen-bond donors (Lipinski definition) is 1. The number of hydrogen-bond acceptors (Lipinski definition) is 8. The lowest BCUT2D eigenvalue weighted by Crippen LogP contribution is -2.56. The first-order valence-electron chi connectivity index (χ1n) is 18.5. The van der Waals surface area contributed by atoms with E-state index in [2.05, 4.69) is 73.0 Å². The second-order valence-corrected chi connectivity index (χ2v) is 15.7. The molecule has 1 aromatic heterocycles. The summed E-state index contributed by atoms with van der Waals surface area (Å²) in [4.78, 5) is 35.3. The molecule has 0 saturated carbocycles. The molecular weight excluding hydrogens is 805 g/mol. The zero-order valence-electron chi connectivity index (χ0n) is 29.8. The van der Waals surface area contributed by atoms with Gasteiger partial charge in [0.25, 0.3) is 0 Å². The van der Waals surface area contributed by atoms with Gasteiger partial charge in [-0.05, 0) is 109 Å². The molecule has 0 aliphatic carbocycles. The quantitative estimate of drug-likeness (QED) is 0.0934. The second-order valence-electron chi connectivity index (χ2n) is 14.1. The van der Waals surface area contributed by atoms with Gasteiger partial charge in [-0.2, -0.15) is 9.97 Å². The van der Waals surface area contributed by atoms with Crippen LogP contribution >= 0.6 is 34.2 Å². The standard InChI is InChI=1S/C41H45ClIN7O3/c1-3-38(52)50-22-21-49(25-32(50)24-44-2)40-33-17-20-48(36-15-6-10-28-9-5-14-34(42)39(28)36)26-35(33)45-41(46-40)53-27-31-13-7-18-47(31)19-8-16-37(51)29-11-4-12-30(43)23-29/h3-6,9-12,14-15,23,31-32,37,51H,1,7-8,13,16-22,24-27H2/t31-,32-,37?/m0/s1/i43+4. The molecule has 3 atom stereocenters. The van der Waals surface area contributed by atoms with Gasteiger partial charge in [-0.25, -0.2) is 6.57 Å². The molecule has 53 heavy (non-hydrogen) atoms. The number of aliphatic hydroxyl groups is 1. The predicted octanol–water partition coefficient (Wildman–Crippen LogP) is 6.93. The predicted molar refractivity (Wildman–Crippen MR) is 219 cm³/mol. The maximum Gasteiger partial charge on any atom is 0.318 e. The van der Waals surface area contributed by atoms with Crippen molar-refractivity contribution in [2.24, 2.45) is 0 Å². The highest BCUT2D eigenvalue weighted by molar-refractivity contribution is 14.1. The largest absolute Gasteiger partial charge is 0.462 e. The van der Waals surface area contributed by atoms with Crippen molar-refractivity contribution in [3.63, 3.8) is 0 Å². The van der Waals surface area contributed by atoms with Crippen molar-refractivity contribution in [3.8, 4) is 6.01 Å². The van der Waals surface area contributed by atoms with Crippen molar-refractivity contribution in [1.82, 2.24) is 19.8 Å². The molecule has 1 unspecified atom stereocenters. The molecule has 3 aliphatic heterocycles. The number of halogens is 2. The molecule has 7 rings (SSSR count). The Labute approximate surface area is 330 Å². The lowest BCUT2D eigenvalue weighted by molar-refractivity contribution is -0.128. The van der Waals surface area contributed by atoms with Gasteiger partial charge >= 0.3 is 6.01 Å². The Bertz CT molecular complexity index is 2000. The zero-order valence-corrected chi connectivity index (χ0v) is 32.8. The minimum Gasteiger partial charge on any atom is -0.462 e. The number of nitrogens with zero attached hydrogens (tertiary/aromatic N) is 7. The van der Waals surface area contributed by atoms with E-state index < -0.39 is 6.10 Å². The highest BCUT2D eigenvalue weighted by Crippen LogP contribution is 2.37. The lowest BCUT2D eigenvalue weighted by Gasteiger charge is -2.41. The number of fused-ring (bicyclic) bond motifs is 2. The fourth-order valence-corrected chi connectivity index (χ4v) is 8.94. The number of benzene rings is 3. The van der Waals surface area contributed by atoms with Crippen LogP contribution in [0.15, 0.2) is 73.3 Å². The smallest absolute Gasteiger partial charge is 0.318 e. The first kappa shape index (κ1) is 37.4. The van der Waals surface area contributed by atoms with Crippen LogP contribution in [0.2, 0.25) is 5.02 Å². The van der Waals surface area contributed by atoms with Crippen LogP contribution in [0.1, 0.15) is 48.6 Å². The third-order valence-corrected chi connectivity index (χ3v) is 11.8. The van der Waals surface area contributed by atoms with Crippen LogP contribution in [0.25, 0.3) is 15.6 Å². The van der Waals surface area contributed by atoms with E-state index in [0.29, 0.717) is 45.2 Å². The van der Waals surface area contributed by atoms with Gasteiger partial charge in [0.15, 0.2) is 0 Å². The Morgan fingerprint density at radius 1 is 1.09 bits per heavy atom. The molecule has 12 heteroatoms. The van der Waals surface area contributed by atoms with E-state index in [4.69, 9.17) is 32.9 Å². The maximum atomic E-state index is 12.7. The monoisotopic (exact) mass is 849 g/mol. The average Bonchev–Trinajstić information content (AvgIpc) is 3.63. The summed E-state index contributed by atoms with van der Waals surface area (Å²) >= 11 is 9.05. The van der Waals surface area contributed by atoms with Gasteiger partial charge in [-0.3, -0.25) is 9.69 Å². The third kappa shape index (κ3) is 8.41. The van der Waals surface area contributed by atoms with E-state index in [-0.39, 0.29) is 24.5 Å². The molecule has 1 N–H and O–H groups in total. The van der Waals surface area contributed by atoms with Crippen LogP contribution in [0.3, 0.4) is 0 Å². The van der Waals surface area contributed by atoms with Crippen molar-refractivity contribution < 1.29 is 14.6 Å². The van der Waals surface area contributed by atoms with Gasteiger partial charge in [0.05, 0.1) is 23.4 Å². The van der Waals surface area contributed by atoms with E-state index in [1.807, 2.05) is 36.4 Å². The molecule has 0 radical (unpaired) electrons. The number of piperazine rings is 1. The first-order valence-corrected chi connectivity index (χ1v) is 19.9. The number of ether oxygens (including phenoxy) is 1. The molecule has 4 heterocycles. The van der Waals surface area contributed by atoms with Crippen LogP contribution in [-0.2, 0) is 17.8 Å². The highest BCUT2D eigenvalue weighted by Gasteiger charge is 2.35. The molecule has 1 amide bonds. The molecule has 3 aromatic carbocycles. The molecule has 2 saturated heterocycles. The number of anilines is 2. The Balaban J connectivity index is 1.11. The van der Waals surface area contributed by atoms with E-state index >= 15 is 0 Å². The molecular formula is C41H45ClIN7O3. The topological polar surface area (TPSA) is 89.6 Å². The lowest BCUT2D eigenvalue weighted by atomic mass is 10.0. The number of rotatable bonds is 12. The Kier molecular flexibility index (Phi) is 12.0. The number of carbonyl (C=O) groups excluding carboxylic acids is 1. The van der Waals surface area contributed by atoms with Crippen LogP contribution < -0.4 is 14.5 Å². The van der Waals surface area contributed by atoms with Gasteiger partial charge in [0.1, 0.15) is 18.5 Å². The molecule has 4 aromatic rings. The molecule has 3 aliphatic rings. The number of aliphatic hydroxyl groups excluding tert-OH is 1. The van der Waals surface area contributed by atoms with Crippen molar-refractivity contribution in [2.75, 3.05) is 62.2 Å². The first-order chi connectivity index (χ1) is 25.8. The van der Waals surface area contributed by atoms with E-state index in [9.17, 15) is 9.90 Å². The van der Waals surface area contributed by atoms with Crippen molar-refractivity contribution in [1.29, 1.82) is 0 Å². The Hall–Kier alpha value is -3.96. The van der Waals surface area contributed by atoms with Crippen molar-refractivity contribution in [3.05, 3.63) is 110 Å². The maximum absolute atomic E-state index is 12.7. The fourth-order valence-electron chi connectivity index (χ4n) is 8.09. The molecule has 0 bridgehead atoms. The van der Waals surface area contributed by atoms with Gasteiger partial charge in [0.2, 0.25) is 12.5 Å². The summed E-state index contributed by atoms with van der Waals surface area (Å²) in [5.41, 5.74) is 4.04. The van der Waals surface area contributed by atoms with Gasteiger partial charge < -0.3 is 29.4 Å². The van der Waals surface area contributed by atoms with E-state index in [1.165, 1.54) is 6.08 Å². The molecule has 0 spiro atoms. The van der Waals surface area contributed by atoms with Gasteiger partial charge in [-0.15, -0.1) is 0 Å². The van der Waals surface area contributed by atoms with Gasteiger partial charge in [-0.1, -0.05) is 54.6 Å². The number of likely N-dealkylation sites (tertiary alicyclic amines) is 1. The zero-order chi connectivity index (χ0) is 36.9. The van der Waals surface area contributed by atoms with Crippen LogP contribution in [0.4, 0.5) is 11.5 Å². The number of aromatic nitrogens is 2. The molecule has 2 fully saturated rings. The highest BCUT2D eigenvalue weighted by atomic mass is 131. The summed E-state index contributed by atoms with van der Waals surface area (Å²) in [6, 6.07) is 20.7. The SMILES string of the molecule is [C-]#[N+]C[C@H]1CN(c2nc(OC[C@@H]3CCCN3CCCC(O)c3cccc([131I])c3)nc3c2CCN(c2cccc4cccc(Cl)c24)C3)CCN1C(=O)C=C. The van der Waals surface area contributed by atoms with Crippen LogP contribution in [0.5, 0.6) is 6.01 Å². The number of carbonyl (C=O) groups is 1. The summed E-state index contributed by atoms with van der Waals surface area (Å²) in [5.74, 6) is 0.677. The van der Waals surface area contributed by atoms with Gasteiger partial charge in [0, 0.05) is 52.4 Å². The Morgan fingerprint density at radius 3 is 2.74 bits per heavy atom. The average molecular weight is 850 g/mol. The Morgan fingerprint density at radius 2 is 1.92 bits per heavy atom. The normalized spacial score (nSPS) is 19.5.